The van der Waals surface area contributed by atoms with Gasteiger partial charge in [-0.25, -0.2) is 12.8 Å². The Balaban J connectivity index is 1.54. The normalized spacial score (nSPS) is 22.0. The molecule has 4 rings (SSSR count). The summed E-state index contributed by atoms with van der Waals surface area (Å²) in [5, 5.41) is 0.277. The Bertz CT molecular complexity index is 1080. The van der Waals surface area contributed by atoms with Crippen LogP contribution in [-0.4, -0.2) is 54.9 Å². The molecule has 1 heterocycles. The van der Waals surface area contributed by atoms with Crippen molar-refractivity contribution in [2.24, 2.45) is 0 Å². The van der Waals surface area contributed by atoms with Crippen LogP contribution in [0.4, 0.5) is 4.39 Å². The van der Waals surface area contributed by atoms with Gasteiger partial charge in [0.1, 0.15) is 5.82 Å². The monoisotopic (exact) mass is 480 g/mol. The summed E-state index contributed by atoms with van der Waals surface area (Å²) in [6.45, 7) is 4.32. The number of nitrogens with zero attached hydrogens (tertiary/aromatic N) is 2. The molecule has 1 amide bonds. The van der Waals surface area contributed by atoms with Crippen molar-refractivity contribution in [1.82, 2.24) is 9.21 Å². The van der Waals surface area contributed by atoms with Crippen molar-refractivity contribution < 1.29 is 22.3 Å². The summed E-state index contributed by atoms with van der Waals surface area (Å²) in [5.41, 5.74) is 0.635. The van der Waals surface area contributed by atoms with Crippen LogP contribution >= 0.6 is 11.6 Å². The van der Waals surface area contributed by atoms with E-state index in [1.54, 1.807) is 11.0 Å². The zero-order chi connectivity index (χ0) is 23.0. The van der Waals surface area contributed by atoms with Gasteiger partial charge in [0.05, 0.1) is 23.6 Å². The average molecular weight is 481 g/mol. The standard InChI is InChI=1S/C23H26ClFN2O4S/c1-15-12-26(13-16(2)31-15)32(29,30)19-10-6-17(7-11-19)23(28)27(18-8-9-18)14-20-21(24)4-3-5-22(20)25/h3-7,10-11,15-16,18H,8-9,12-14H2,1-2H3. The third kappa shape index (κ3) is 4.83. The van der Waals surface area contributed by atoms with Gasteiger partial charge in [0.2, 0.25) is 10.0 Å². The number of sulfonamides is 1. The Morgan fingerprint density at radius 1 is 1.12 bits per heavy atom. The number of carbonyl (C=O) groups is 1. The number of amides is 1. The summed E-state index contributed by atoms with van der Waals surface area (Å²) >= 11 is 6.16. The number of ether oxygens (including phenoxy) is 1. The first-order chi connectivity index (χ1) is 15.2. The van der Waals surface area contributed by atoms with Crippen molar-refractivity contribution >= 4 is 27.5 Å². The van der Waals surface area contributed by atoms with Crippen molar-refractivity contribution in [3.05, 3.63) is 64.4 Å². The highest BCUT2D eigenvalue weighted by atomic mass is 35.5. The van der Waals surface area contributed by atoms with Gasteiger partial charge in [0.15, 0.2) is 0 Å². The fraction of sp³-hybridized carbons (Fsp3) is 0.435. The number of halogens is 2. The third-order valence-electron chi connectivity index (χ3n) is 5.76. The van der Waals surface area contributed by atoms with Crippen LogP contribution in [0.5, 0.6) is 0 Å². The van der Waals surface area contributed by atoms with Gasteiger partial charge in [-0.1, -0.05) is 17.7 Å². The van der Waals surface area contributed by atoms with Crippen molar-refractivity contribution in [2.45, 2.75) is 56.4 Å². The van der Waals surface area contributed by atoms with Crippen LogP contribution in [0.2, 0.25) is 5.02 Å². The molecule has 2 aromatic rings. The number of benzene rings is 2. The molecule has 0 aromatic heterocycles. The topological polar surface area (TPSA) is 66.9 Å². The summed E-state index contributed by atoms with van der Waals surface area (Å²) < 4.78 is 47.4. The maximum atomic E-state index is 14.3. The molecule has 6 nitrogen and oxygen atoms in total. The minimum Gasteiger partial charge on any atom is -0.373 e. The lowest BCUT2D eigenvalue weighted by Gasteiger charge is -2.34. The lowest BCUT2D eigenvalue weighted by Crippen LogP contribution is -2.48. The zero-order valence-electron chi connectivity index (χ0n) is 18.0. The molecule has 2 unspecified atom stereocenters. The summed E-state index contributed by atoms with van der Waals surface area (Å²) in [7, 11) is -3.69. The second-order valence-electron chi connectivity index (χ2n) is 8.47. The van der Waals surface area contributed by atoms with E-state index in [0.717, 1.165) is 12.8 Å². The Hall–Kier alpha value is -2.00. The molecule has 0 radical (unpaired) electrons. The molecule has 0 spiro atoms. The minimum atomic E-state index is -3.69. The van der Waals surface area contributed by atoms with E-state index in [0.29, 0.717) is 5.56 Å². The van der Waals surface area contributed by atoms with Gasteiger partial charge >= 0.3 is 0 Å². The van der Waals surface area contributed by atoms with E-state index in [9.17, 15) is 17.6 Å². The zero-order valence-corrected chi connectivity index (χ0v) is 19.6. The first-order valence-electron chi connectivity index (χ1n) is 10.7. The molecule has 32 heavy (non-hydrogen) atoms. The predicted molar refractivity (Wildman–Crippen MR) is 120 cm³/mol. The molecule has 1 aliphatic carbocycles. The Labute approximate surface area is 193 Å². The largest absolute Gasteiger partial charge is 0.373 e. The van der Waals surface area contributed by atoms with Gasteiger partial charge in [-0.05, 0) is 63.1 Å². The molecular weight excluding hydrogens is 455 g/mol. The summed E-state index contributed by atoms with van der Waals surface area (Å²) in [4.78, 5) is 14.9. The molecule has 2 aliphatic rings. The average Bonchev–Trinajstić information content (AvgIpc) is 3.58. The van der Waals surface area contributed by atoms with E-state index < -0.39 is 15.8 Å². The van der Waals surface area contributed by atoms with E-state index in [1.165, 1.54) is 40.7 Å². The van der Waals surface area contributed by atoms with Crippen LogP contribution in [0.25, 0.3) is 0 Å². The number of hydrogen-bond acceptors (Lipinski definition) is 4. The quantitative estimate of drug-likeness (QED) is 0.624. The Morgan fingerprint density at radius 3 is 2.31 bits per heavy atom. The molecule has 1 saturated carbocycles. The first-order valence-corrected chi connectivity index (χ1v) is 12.5. The molecule has 1 aliphatic heterocycles. The Kier molecular flexibility index (Phi) is 6.58. The summed E-state index contributed by atoms with van der Waals surface area (Å²) in [6.07, 6.45) is 1.31. The van der Waals surface area contributed by atoms with E-state index in [2.05, 4.69) is 0 Å². The molecule has 172 valence electrons. The van der Waals surface area contributed by atoms with Crippen LogP contribution in [0.3, 0.4) is 0 Å². The van der Waals surface area contributed by atoms with Gasteiger partial charge in [0, 0.05) is 35.3 Å². The van der Waals surface area contributed by atoms with Crippen molar-refractivity contribution in [1.29, 1.82) is 0 Å². The van der Waals surface area contributed by atoms with Crippen LogP contribution in [-0.2, 0) is 21.3 Å². The fourth-order valence-corrected chi connectivity index (χ4v) is 5.83. The molecule has 2 aromatic carbocycles. The van der Waals surface area contributed by atoms with Gasteiger partial charge in [-0.3, -0.25) is 4.79 Å². The number of carbonyl (C=O) groups excluding carboxylic acids is 1. The SMILES string of the molecule is CC1CN(S(=O)(=O)c2ccc(C(=O)N(Cc3c(F)cccc3Cl)C3CC3)cc2)CC(C)O1. The van der Waals surface area contributed by atoms with Gasteiger partial charge < -0.3 is 9.64 Å². The van der Waals surface area contributed by atoms with Crippen molar-refractivity contribution in [2.75, 3.05) is 13.1 Å². The predicted octanol–water partition coefficient (Wildman–Crippen LogP) is 4.08. The second kappa shape index (κ2) is 9.09. The molecule has 1 saturated heterocycles. The highest BCUT2D eigenvalue weighted by Crippen LogP contribution is 2.32. The molecule has 9 heteroatoms. The van der Waals surface area contributed by atoms with Crippen LogP contribution in [0.1, 0.15) is 42.6 Å². The maximum absolute atomic E-state index is 14.3. The molecule has 2 fully saturated rings. The van der Waals surface area contributed by atoms with Gasteiger partial charge in [-0.15, -0.1) is 0 Å². The molecule has 0 bridgehead atoms. The van der Waals surface area contributed by atoms with E-state index in [-0.39, 0.29) is 59.3 Å². The molecular formula is C23H26ClFN2O4S. The molecule has 0 N–H and O–H groups in total. The van der Waals surface area contributed by atoms with E-state index >= 15 is 0 Å². The number of rotatable bonds is 6. The fourth-order valence-electron chi connectivity index (χ4n) is 4.02. The number of morpholine rings is 1. The van der Waals surface area contributed by atoms with Crippen LogP contribution < -0.4 is 0 Å². The summed E-state index contributed by atoms with van der Waals surface area (Å²) in [5.74, 6) is -0.726. The van der Waals surface area contributed by atoms with Gasteiger partial charge in [0.25, 0.3) is 5.91 Å². The van der Waals surface area contributed by atoms with E-state index in [1.807, 2.05) is 13.8 Å². The lowest BCUT2D eigenvalue weighted by molar-refractivity contribution is -0.0440. The summed E-state index contributed by atoms with van der Waals surface area (Å²) in [6, 6.07) is 10.4. The van der Waals surface area contributed by atoms with Gasteiger partial charge in [-0.2, -0.15) is 4.31 Å². The van der Waals surface area contributed by atoms with Crippen LogP contribution in [0, 0.1) is 5.82 Å². The van der Waals surface area contributed by atoms with Crippen molar-refractivity contribution in [3.63, 3.8) is 0 Å². The lowest BCUT2D eigenvalue weighted by atomic mass is 10.1. The number of hydrogen-bond donors (Lipinski definition) is 0. The second-order valence-corrected chi connectivity index (χ2v) is 10.8. The van der Waals surface area contributed by atoms with Crippen molar-refractivity contribution in [3.8, 4) is 0 Å². The van der Waals surface area contributed by atoms with E-state index in [4.69, 9.17) is 16.3 Å². The van der Waals surface area contributed by atoms with Crippen LogP contribution in [0.15, 0.2) is 47.4 Å². The maximum Gasteiger partial charge on any atom is 0.254 e. The highest BCUT2D eigenvalue weighted by Gasteiger charge is 2.35. The third-order valence-corrected chi connectivity index (χ3v) is 7.96. The first kappa shape index (κ1) is 23.2. The Morgan fingerprint density at radius 2 is 1.75 bits per heavy atom. The highest BCUT2D eigenvalue weighted by molar-refractivity contribution is 7.89. The molecule has 2 atom stereocenters. The smallest absolute Gasteiger partial charge is 0.254 e. The minimum absolute atomic E-state index is 0.0258.